The molecule has 1 aliphatic heterocycles. The van der Waals surface area contributed by atoms with Crippen molar-refractivity contribution in [1.82, 2.24) is 10.2 Å². The summed E-state index contributed by atoms with van der Waals surface area (Å²) in [6.45, 7) is 4.25. The lowest BCUT2D eigenvalue weighted by Crippen LogP contribution is -2.26. The fraction of sp³-hybridized carbons (Fsp3) is 0.667. The third-order valence-electron chi connectivity index (χ3n) is 2.89. The molecule has 0 amide bonds. The number of hydrogen-bond donors (Lipinski definition) is 1. The first-order valence-corrected chi connectivity index (χ1v) is 7.05. The monoisotopic (exact) mass is 240 g/mol. The molecular weight excluding hydrogens is 220 g/mol. The molecule has 2 heterocycles. The van der Waals surface area contributed by atoms with Crippen LogP contribution in [0.4, 0.5) is 0 Å². The van der Waals surface area contributed by atoms with Crippen LogP contribution in [0.25, 0.3) is 0 Å². The van der Waals surface area contributed by atoms with Crippen molar-refractivity contribution in [3.8, 4) is 0 Å². The lowest BCUT2D eigenvalue weighted by Gasteiger charge is -2.18. The number of furan rings is 1. The Morgan fingerprint density at radius 2 is 2.38 bits per heavy atom. The molecule has 0 radical (unpaired) electrons. The van der Waals surface area contributed by atoms with E-state index in [4.69, 9.17) is 4.42 Å². The summed E-state index contributed by atoms with van der Waals surface area (Å²) in [6, 6.07) is 2.07. The lowest BCUT2D eigenvalue weighted by molar-refractivity contribution is 0.260. The van der Waals surface area contributed by atoms with Crippen LogP contribution in [0, 0.1) is 0 Å². The molecule has 0 aromatic carbocycles. The molecule has 1 aromatic rings. The third kappa shape index (κ3) is 3.27. The molecule has 0 aliphatic carbocycles. The van der Waals surface area contributed by atoms with Gasteiger partial charge < -0.3 is 9.73 Å². The van der Waals surface area contributed by atoms with E-state index in [-0.39, 0.29) is 0 Å². The zero-order valence-electron chi connectivity index (χ0n) is 9.87. The lowest BCUT2D eigenvalue weighted by atomic mass is 10.2. The normalized spacial score (nSPS) is 18.6. The predicted molar refractivity (Wildman–Crippen MR) is 68.7 cm³/mol. The van der Waals surface area contributed by atoms with E-state index in [2.05, 4.69) is 28.0 Å². The standard InChI is InChI=1S/C12H20N2OS/c1-13-9-11-3-6-15-12(11)10-14-4-2-7-16-8-5-14/h3,6,13H,2,4-5,7-10H2,1H3. The van der Waals surface area contributed by atoms with Crippen molar-refractivity contribution >= 4 is 11.8 Å². The Kier molecular flexibility index (Phi) is 4.75. The van der Waals surface area contributed by atoms with E-state index in [0.29, 0.717) is 0 Å². The maximum absolute atomic E-state index is 5.57. The average molecular weight is 240 g/mol. The molecular formula is C12H20N2OS. The molecule has 90 valence electrons. The number of rotatable bonds is 4. The summed E-state index contributed by atoms with van der Waals surface area (Å²) >= 11 is 2.06. The molecule has 1 aliphatic rings. The summed E-state index contributed by atoms with van der Waals surface area (Å²) in [5, 5.41) is 3.18. The van der Waals surface area contributed by atoms with Gasteiger partial charge in [0.1, 0.15) is 5.76 Å². The molecule has 4 heteroatoms. The van der Waals surface area contributed by atoms with Crippen LogP contribution in [-0.4, -0.2) is 36.5 Å². The highest BCUT2D eigenvalue weighted by molar-refractivity contribution is 7.99. The van der Waals surface area contributed by atoms with E-state index in [1.54, 1.807) is 6.26 Å². The highest BCUT2D eigenvalue weighted by atomic mass is 32.2. The van der Waals surface area contributed by atoms with E-state index < -0.39 is 0 Å². The van der Waals surface area contributed by atoms with Crippen molar-refractivity contribution in [3.05, 3.63) is 23.7 Å². The van der Waals surface area contributed by atoms with E-state index in [9.17, 15) is 0 Å². The van der Waals surface area contributed by atoms with Crippen LogP contribution in [0.5, 0.6) is 0 Å². The van der Waals surface area contributed by atoms with Crippen molar-refractivity contribution in [2.75, 3.05) is 31.6 Å². The maximum Gasteiger partial charge on any atom is 0.122 e. The summed E-state index contributed by atoms with van der Waals surface area (Å²) in [6.07, 6.45) is 3.10. The molecule has 0 atom stereocenters. The first-order valence-electron chi connectivity index (χ1n) is 5.90. The maximum atomic E-state index is 5.57. The minimum Gasteiger partial charge on any atom is -0.468 e. The summed E-state index contributed by atoms with van der Waals surface area (Å²) in [4.78, 5) is 2.50. The first kappa shape index (κ1) is 12.0. The molecule has 1 aromatic heterocycles. The Morgan fingerprint density at radius 1 is 1.44 bits per heavy atom. The SMILES string of the molecule is CNCc1ccoc1CN1CCCSCC1. The van der Waals surface area contributed by atoms with Crippen LogP contribution in [0.1, 0.15) is 17.7 Å². The Balaban J connectivity index is 1.93. The summed E-state index contributed by atoms with van der Waals surface area (Å²) in [5.74, 6) is 3.68. The predicted octanol–water partition coefficient (Wildman–Crippen LogP) is 1.94. The second-order valence-electron chi connectivity index (χ2n) is 4.14. The van der Waals surface area contributed by atoms with Crippen molar-refractivity contribution < 1.29 is 4.42 Å². The van der Waals surface area contributed by atoms with Gasteiger partial charge in [-0.2, -0.15) is 11.8 Å². The van der Waals surface area contributed by atoms with Crippen LogP contribution in [-0.2, 0) is 13.1 Å². The zero-order valence-corrected chi connectivity index (χ0v) is 10.7. The van der Waals surface area contributed by atoms with Gasteiger partial charge in [-0.25, -0.2) is 0 Å². The van der Waals surface area contributed by atoms with E-state index in [1.165, 1.54) is 36.6 Å². The van der Waals surface area contributed by atoms with Gasteiger partial charge in [-0.1, -0.05) is 0 Å². The summed E-state index contributed by atoms with van der Waals surface area (Å²) in [5.41, 5.74) is 1.29. The number of nitrogens with one attached hydrogen (secondary N) is 1. The molecule has 16 heavy (non-hydrogen) atoms. The minimum absolute atomic E-state index is 0.897. The Labute approximate surface area is 102 Å². The van der Waals surface area contributed by atoms with Crippen molar-refractivity contribution in [2.45, 2.75) is 19.5 Å². The Bertz CT molecular complexity index is 306. The molecule has 0 saturated carbocycles. The van der Waals surface area contributed by atoms with Crippen LogP contribution in [0.3, 0.4) is 0 Å². The summed E-state index contributed by atoms with van der Waals surface area (Å²) < 4.78 is 5.57. The molecule has 0 bridgehead atoms. The van der Waals surface area contributed by atoms with Gasteiger partial charge in [0.05, 0.1) is 12.8 Å². The van der Waals surface area contributed by atoms with Crippen molar-refractivity contribution in [2.24, 2.45) is 0 Å². The van der Waals surface area contributed by atoms with Crippen molar-refractivity contribution in [3.63, 3.8) is 0 Å². The van der Waals surface area contributed by atoms with E-state index in [0.717, 1.165) is 18.8 Å². The van der Waals surface area contributed by atoms with Gasteiger partial charge in [0.2, 0.25) is 0 Å². The molecule has 0 spiro atoms. The molecule has 1 fully saturated rings. The summed E-state index contributed by atoms with van der Waals surface area (Å²) in [7, 11) is 1.97. The molecule has 3 nitrogen and oxygen atoms in total. The number of hydrogen-bond acceptors (Lipinski definition) is 4. The van der Waals surface area contributed by atoms with E-state index in [1.807, 2.05) is 7.05 Å². The second-order valence-corrected chi connectivity index (χ2v) is 5.37. The number of thioether (sulfide) groups is 1. The average Bonchev–Trinajstić information content (AvgIpc) is 2.56. The smallest absolute Gasteiger partial charge is 0.122 e. The molecule has 0 unspecified atom stereocenters. The first-order chi connectivity index (χ1) is 7.90. The van der Waals surface area contributed by atoms with Crippen LogP contribution >= 0.6 is 11.8 Å². The Hall–Kier alpha value is -0.450. The number of nitrogens with zero attached hydrogens (tertiary/aromatic N) is 1. The van der Waals surface area contributed by atoms with Crippen LogP contribution in [0.2, 0.25) is 0 Å². The molecule has 1 N–H and O–H groups in total. The highest BCUT2D eigenvalue weighted by Gasteiger charge is 2.13. The van der Waals surface area contributed by atoms with Gasteiger partial charge >= 0.3 is 0 Å². The second kappa shape index (κ2) is 6.33. The van der Waals surface area contributed by atoms with Crippen LogP contribution in [0.15, 0.2) is 16.7 Å². The fourth-order valence-electron chi connectivity index (χ4n) is 2.01. The third-order valence-corrected chi connectivity index (χ3v) is 3.94. The minimum atomic E-state index is 0.897. The van der Waals surface area contributed by atoms with Gasteiger partial charge in [0.15, 0.2) is 0 Å². The quantitative estimate of drug-likeness (QED) is 0.870. The fourth-order valence-corrected chi connectivity index (χ4v) is 2.94. The van der Waals surface area contributed by atoms with Crippen molar-refractivity contribution in [1.29, 1.82) is 0 Å². The van der Waals surface area contributed by atoms with Gasteiger partial charge in [0, 0.05) is 24.4 Å². The topological polar surface area (TPSA) is 28.4 Å². The van der Waals surface area contributed by atoms with Gasteiger partial charge in [-0.15, -0.1) is 0 Å². The van der Waals surface area contributed by atoms with E-state index >= 15 is 0 Å². The molecule has 2 rings (SSSR count). The van der Waals surface area contributed by atoms with Gasteiger partial charge in [-0.05, 0) is 31.8 Å². The van der Waals surface area contributed by atoms with Gasteiger partial charge in [-0.3, -0.25) is 4.90 Å². The van der Waals surface area contributed by atoms with Gasteiger partial charge in [0.25, 0.3) is 0 Å². The molecule has 1 saturated heterocycles. The largest absolute Gasteiger partial charge is 0.468 e. The highest BCUT2D eigenvalue weighted by Crippen LogP contribution is 2.16. The van der Waals surface area contributed by atoms with Crippen LogP contribution < -0.4 is 5.32 Å². The Morgan fingerprint density at radius 3 is 3.25 bits per heavy atom. The zero-order chi connectivity index (χ0) is 11.2.